The van der Waals surface area contributed by atoms with Gasteiger partial charge in [-0.15, -0.1) is 0 Å². The Morgan fingerprint density at radius 2 is 1.80 bits per heavy atom. The van der Waals surface area contributed by atoms with Crippen molar-refractivity contribution in [3.63, 3.8) is 0 Å². The SMILES string of the molecule is CCc1ccc(C2(O)CCC(C)c3ccccc32)cc1. The Morgan fingerprint density at radius 3 is 2.50 bits per heavy atom. The standard InChI is InChI=1S/C19H22O/c1-3-15-8-10-16(11-9-15)19(20)13-12-14(2)17-6-4-5-7-18(17)19/h4-11,14,20H,3,12-13H2,1-2H3. The molecule has 20 heavy (non-hydrogen) atoms. The first-order chi connectivity index (χ1) is 9.65. The average Bonchev–Trinajstić information content (AvgIpc) is 2.51. The van der Waals surface area contributed by atoms with E-state index in [0.29, 0.717) is 5.92 Å². The molecule has 0 saturated carbocycles. The molecule has 0 radical (unpaired) electrons. The van der Waals surface area contributed by atoms with E-state index in [1.54, 1.807) is 0 Å². The Morgan fingerprint density at radius 1 is 1.10 bits per heavy atom. The maximum Gasteiger partial charge on any atom is 0.115 e. The molecule has 1 nitrogen and oxygen atoms in total. The fraction of sp³-hybridized carbons (Fsp3) is 0.368. The lowest BCUT2D eigenvalue weighted by Crippen LogP contribution is -2.32. The van der Waals surface area contributed by atoms with E-state index < -0.39 is 5.60 Å². The molecule has 0 fully saturated rings. The quantitative estimate of drug-likeness (QED) is 0.855. The van der Waals surface area contributed by atoms with Gasteiger partial charge in [0.05, 0.1) is 0 Å². The number of benzene rings is 2. The van der Waals surface area contributed by atoms with Crippen molar-refractivity contribution >= 4 is 0 Å². The van der Waals surface area contributed by atoms with Crippen LogP contribution in [0.2, 0.25) is 0 Å². The predicted octanol–water partition coefficient (Wildman–Crippen LogP) is 4.38. The minimum atomic E-state index is -0.824. The third-order valence-electron chi connectivity index (χ3n) is 4.72. The number of fused-ring (bicyclic) bond motifs is 1. The normalized spacial score (nSPS) is 25.2. The van der Waals surface area contributed by atoms with Crippen LogP contribution < -0.4 is 0 Å². The van der Waals surface area contributed by atoms with Gasteiger partial charge >= 0.3 is 0 Å². The Kier molecular flexibility index (Phi) is 3.39. The van der Waals surface area contributed by atoms with Crippen molar-refractivity contribution in [2.24, 2.45) is 0 Å². The fourth-order valence-corrected chi connectivity index (χ4v) is 3.33. The highest BCUT2D eigenvalue weighted by atomic mass is 16.3. The van der Waals surface area contributed by atoms with Crippen LogP contribution in [0.15, 0.2) is 48.5 Å². The summed E-state index contributed by atoms with van der Waals surface area (Å²) < 4.78 is 0. The minimum absolute atomic E-state index is 0.529. The van der Waals surface area contributed by atoms with Crippen LogP contribution >= 0.6 is 0 Å². The molecule has 3 rings (SSSR count). The van der Waals surface area contributed by atoms with Crippen LogP contribution in [0.4, 0.5) is 0 Å². The Bertz CT molecular complexity index is 599. The summed E-state index contributed by atoms with van der Waals surface area (Å²) >= 11 is 0. The molecule has 0 saturated heterocycles. The van der Waals surface area contributed by atoms with Crippen molar-refractivity contribution in [2.75, 3.05) is 0 Å². The molecule has 2 aromatic rings. The summed E-state index contributed by atoms with van der Waals surface area (Å²) in [5.41, 5.74) is 3.89. The lowest BCUT2D eigenvalue weighted by Gasteiger charge is -2.37. The molecule has 0 amide bonds. The summed E-state index contributed by atoms with van der Waals surface area (Å²) in [5.74, 6) is 0.529. The summed E-state index contributed by atoms with van der Waals surface area (Å²) in [7, 11) is 0. The summed E-state index contributed by atoms with van der Waals surface area (Å²) in [6, 6.07) is 16.8. The predicted molar refractivity (Wildman–Crippen MR) is 82.9 cm³/mol. The van der Waals surface area contributed by atoms with Gasteiger partial charge in [0.15, 0.2) is 0 Å². The van der Waals surface area contributed by atoms with Crippen molar-refractivity contribution in [3.05, 3.63) is 70.8 Å². The van der Waals surface area contributed by atoms with E-state index in [1.165, 1.54) is 11.1 Å². The molecule has 0 bridgehead atoms. The van der Waals surface area contributed by atoms with E-state index in [4.69, 9.17) is 0 Å². The first-order valence-electron chi connectivity index (χ1n) is 7.56. The molecule has 2 atom stereocenters. The Hall–Kier alpha value is -1.60. The van der Waals surface area contributed by atoms with Gasteiger partial charge in [-0.3, -0.25) is 0 Å². The highest BCUT2D eigenvalue weighted by Gasteiger charge is 2.37. The average molecular weight is 266 g/mol. The molecule has 104 valence electrons. The molecule has 2 aromatic carbocycles. The summed E-state index contributed by atoms with van der Waals surface area (Å²) in [6.45, 7) is 4.40. The fourth-order valence-electron chi connectivity index (χ4n) is 3.33. The molecule has 2 unspecified atom stereocenters. The summed E-state index contributed by atoms with van der Waals surface area (Å²) in [5, 5.41) is 11.3. The smallest absolute Gasteiger partial charge is 0.115 e. The maximum atomic E-state index is 11.3. The molecule has 0 aliphatic heterocycles. The monoisotopic (exact) mass is 266 g/mol. The number of rotatable bonds is 2. The van der Waals surface area contributed by atoms with E-state index in [1.807, 2.05) is 6.07 Å². The molecule has 0 spiro atoms. The van der Waals surface area contributed by atoms with E-state index >= 15 is 0 Å². The maximum absolute atomic E-state index is 11.3. The van der Waals surface area contributed by atoms with E-state index in [9.17, 15) is 5.11 Å². The van der Waals surface area contributed by atoms with Crippen LogP contribution in [0.1, 0.15) is 54.9 Å². The molecule has 0 aromatic heterocycles. The molecule has 1 aliphatic carbocycles. The van der Waals surface area contributed by atoms with Gasteiger partial charge in [-0.1, -0.05) is 62.4 Å². The van der Waals surface area contributed by atoms with Crippen molar-refractivity contribution in [2.45, 2.75) is 44.6 Å². The van der Waals surface area contributed by atoms with E-state index in [2.05, 4.69) is 56.3 Å². The second-order valence-corrected chi connectivity index (χ2v) is 5.94. The second kappa shape index (κ2) is 5.06. The lowest BCUT2D eigenvalue weighted by molar-refractivity contribution is 0.0579. The minimum Gasteiger partial charge on any atom is -0.380 e. The van der Waals surface area contributed by atoms with Crippen molar-refractivity contribution in [3.8, 4) is 0 Å². The van der Waals surface area contributed by atoms with Crippen LogP contribution in [-0.2, 0) is 12.0 Å². The third kappa shape index (κ3) is 2.06. The van der Waals surface area contributed by atoms with Crippen LogP contribution in [0, 0.1) is 0 Å². The lowest BCUT2D eigenvalue weighted by atomic mass is 9.71. The first-order valence-corrected chi connectivity index (χ1v) is 7.56. The zero-order valence-electron chi connectivity index (χ0n) is 12.3. The van der Waals surface area contributed by atoms with Crippen molar-refractivity contribution < 1.29 is 5.11 Å². The zero-order chi connectivity index (χ0) is 14.2. The van der Waals surface area contributed by atoms with Gasteiger partial charge in [0, 0.05) is 0 Å². The van der Waals surface area contributed by atoms with Gasteiger partial charge in [-0.25, -0.2) is 0 Å². The van der Waals surface area contributed by atoms with Gasteiger partial charge in [0.25, 0.3) is 0 Å². The van der Waals surface area contributed by atoms with Gasteiger partial charge in [-0.2, -0.15) is 0 Å². The van der Waals surface area contributed by atoms with Gasteiger partial charge in [0.2, 0.25) is 0 Å². The number of aliphatic hydroxyl groups is 1. The van der Waals surface area contributed by atoms with Crippen LogP contribution in [-0.4, -0.2) is 5.11 Å². The van der Waals surface area contributed by atoms with E-state index in [0.717, 1.165) is 30.4 Å². The van der Waals surface area contributed by atoms with Gasteiger partial charge in [0.1, 0.15) is 5.60 Å². The van der Waals surface area contributed by atoms with E-state index in [-0.39, 0.29) is 0 Å². The molecule has 1 N–H and O–H groups in total. The molecular weight excluding hydrogens is 244 g/mol. The largest absolute Gasteiger partial charge is 0.380 e. The topological polar surface area (TPSA) is 20.2 Å². The Labute approximate surface area is 121 Å². The van der Waals surface area contributed by atoms with Crippen LogP contribution in [0.5, 0.6) is 0 Å². The molecular formula is C19H22O. The van der Waals surface area contributed by atoms with Crippen LogP contribution in [0.3, 0.4) is 0 Å². The summed E-state index contributed by atoms with van der Waals surface area (Å²) in [4.78, 5) is 0. The van der Waals surface area contributed by atoms with Crippen molar-refractivity contribution in [1.29, 1.82) is 0 Å². The third-order valence-corrected chi connectivity index (χ3v) is 4.72. The zero-order valence-corrected chi connectivity index (χ0v) is 12.3. The van der Waals surface area contributed by atoms with Gasteiger partial charge in [-0.05, 0) is 47.4 Å². The highest BCUT2D eigenvalue weighted by molar-refractivity contribution is 5.45. The van der Waals surface area contributed by atoms with Crippen molar-refractivity contribution in [1.82, 2.24) is 0 Å². The second-order valence-electron chi connectivity index (χ2n) is 5.94. The number of aryl methyl sites for hydroxylation is 1. The van der Waals surface area contributed by atoms with Crippen LogP contribution in [0.25, 0.3) is 0 Å². The molecule has 1 heteroatoms. The number of hydrogen-bond donors (Lipinski definition) is 1. The summed E-state index contributed by atoms with van der Waals surface area (Å²) in [6.07, 6.45) is 2.87. The Balaban J connectivity index is 2.09. The molecule has 0 heterocycles. The highest BCUT2D eigenvalue weighted by Crippen LogP contribution is 2.44. The van der Waals surface area contributed by atoms with Gasteiger partial charge < -0.3 is 5.11 Å². The first kappa shape index (κ1) is 13.4. The number of hydrogen-bond acceptors (Lipinski definition) is 1. The molecule has 1 aliphatic rings.